The fourth-order valence-electron chi connectivity index (χ4n) is 2.77. The fraction of sp³-hybridized carbons (Fsp3) is 0.500. The average Bonchev–Trinajstić information content (AvgIpc) is 2.56. The van der Waals surface area contributed by atoms with Crippen LogP contribution in [0.2, 0.25) is 0 Å². The molecule has 0 bridgehead atoms. The summed E-state index contributed by atoms with van der Waals surface area (Å²) < 4.78 is 44.8. The molecule has 0 spiro atoms. The number of carbonyl (C=O) groups is 1. The highest BCUT2D eigenvalue weighted by atomic mass is 32.2. The number of carbonyl (C=O) groups excluding carboxylic acids is 1. The van der Waals surface area contributed by atoms with Crippen LogP contribution in [0, 0.1) is 17.1 Å². The van der Waals surface area contributed by atoms with Crippen molar-refractivity contribution >= 4 is 16.0 Å². The molecule has 0 aliphatic carbocycles. The van der Waals surface area contributed by atoms with E-state index in [0.717, 1.165) is 22.9 Å². The number of hydrogen-bond acceptors (Lipinski definition) is 5. The number of hydrogen-bond donors (Lipinski definition) is 0. The Bertz CT molecular complexity index is 758. The Morgan fingerprint density at radius 1 is 1.46 bits per heavy atom. The van der Waals surface area contributed by atoms with Crippen LogP contribution in [0.5, 0.6) is 0 Å². The van der Waals surface area contributed by atoms with Crippen LogP contribution in [0.1, 0.15) is 37.3 Å². The third-order valence-electron chi connectivity index (χ3n) is 3.90. The molecule has 1 aliphatic rings. The van der Waals surface area contributed by atoms with E-state index in [1.165, 1.54) is 6.07 Å². The van der Waals surface area contributed by atoms with Crippen LogP contribution in [0.25, 0.3) is 0 Å². The molecule has 130 valence electrons. The zero-order valence-electron chi connectivity index (χ0n) is 13.4. The van der Waals surface area contributed by atoms with Crippen LogP contribution < -0.4 is 0 Å². The number of benzene rings is 1. The summed E-state index contributed by atoms with van der Waals surface area (Å²) in [4.78, 5) is 12.0. The maximum atomic E-state index is 13.2. The highest BCUT2D eigenvalue weighted by Crippen LogP contribution is 2.25. The van der Waals surface area contributed by atoms with E-state index in [9.17, 15) is 17.6 Å². The van der Waals surface area contributed by atoms with Gasteiger partial charge in [0.05, 0.1) is 24.0 Å². The van der Waals surface area contributed by atoms with Crippen molar-refractivity contribution in [3.63, 3.8) is 0 Å². The molecule has 6 nitrogen and oxygen atoms in total. The van der Waals surface area contributed by atoms with Crippen molar-refractivity contribution in [2.24, 2.45) is 0 Å². The second kappa shape index (κ2) is 7.73. The summed E-state index contributed by atoms with van der Waals surface area (Å²) in [6.45, 7) is 2.08. The Morgan fingerprint density at radius 2 is 2.21 bits per heavy atom. The molecule has 0 saturated carbocycles. The maximum absolute atomic E-state index is 13.2. The van der Waals surface area contributed by atoms with Crippen LogP contribution in [0.4, 0.5) is 4.39 Å². The van der Waals surface area contributed by atoms with E-state index in [4.69, 9.17) is 10.00 Å². The van der Waals surface area contributed by atoms with E-state index in [2.05, 4.69) is 0 Å². The lowest BCUT2D eigenvalue weighted by atomic mass is 10.1. The maximum Gasteiger partial charge on any atom is 0.324 e. The van der Waals surface area contributed by atoms with E-state index in [-0.39, 0.29) is 24.3 Å². The highest BCUT2D eigenvalue weighted by molar-refractivity contribution is 7.88. The van der Waals surface area contributed by atoms with Crippen LogP contribution in [-0.2, 0) is 25.3 Å². The lowest BCUT2D eigenvalue weighted by Crippen LogP contribution is -2.49. The summed E-state index contributed by atoms with van der Waals surface area (Å²) in [5.41, 5.74) is 0.190. The summed E-state index contributed by atoms with van der Waals surface area (Å²) >= 11 is 0. The average molecular weight is 354 g/mol. The minimum absolute atomic E-state index is 0.0248. The summed E-state index contributed by atoms with van der Waals surface area (Å²) in [6, 6.07) is 4.37. The first kappa shape index (κ1) is 18.4. The predicted molar refractivity (Wildman–Crippen MR) is 84.7 cm³/mol. The second-order valence-corrected chi connectivity index (χ2v) is 7.47. The molecular formula is C16H19FN2O4S. The van der Waals surface area contributed by atoms with E-state index in [1.54, 1.807) is 13.0 Å². The molecule has 1 saturated heterocycles. The highest BCUT2D eigenvalue weighted by Gasteiger charge is 2.37. The van der Waals surface area contributed by atoms with Crippen LogP contribution in [0.3, 0.4) is 0 Å². The minimum atomic E-state index is -3.84. The topological polar surface area (TPSA) is 87.5 Å². The molecule has 2 rings (SSSR count). The normalized spacial score (nSPS) is 18.8. The number of ether oxygens (including phenoxy) is 1. The number of esters is 1. The van der Waals surface area contributed by atoms with Crippen molar-refractivity contribution in [3.05, 3.63) is 35.1 Å². The molecule has 1 aromatic carbocycles. The summed E-state index contributed by atoms with van der Waals surface area (Å²) in [6.07, 6.45) is 1.81. The first-order chi connectivity index (χ1) is 11.4. The number of sulfonamides is 1. The number of nitriles is 1. The van der Waals surface area contributed by atoms with Crippen LogP contribution >= 0.6 is 0 Å². The van der Waals surface area contributed by atoms with Gasteiger partial charge in [-0.1, -0.05) is 6.07 Å². The zero-order chi connectivity index (χ0) is 17.7. The molecule has 24 heavy (non-hydrogen) atoms. The van der Waals surface area contributed by atoms with E-state index in [0.29, 0.717) is 12.8 Å². The summed E-state index contributed by atoms with van der Waals surface area (Å²) in [5.74, 6) is -1.61. The van der Waals surface area contributed by atoms with Gasteiger partial charge in [0.1, 0.15) is 11.9 Å². The largest absolute Gasteiger partial charge is 0.465 e. The van der Waals surface area contributed by atoms with Gasteiger partial charge in [-0.3, -0.25) is 4.79 Å². The summed E-state index contributed by atoms with van der Waals surface area (Å²) in [5, 5.41) is 9.06. The van der Waals surface area contributed by atoms with Gasteiger partial charge >= 0.3 is 5.97 Å². The molecule has 0 amide bonds. The lowest BCUT2D eigenvalue weighted by Gasteiger charge is -2.33. The van der Waals surface area contributed by atoms with Gasteiger partial charge in [0, 0.05) is 6.54 Å². The molecule has 1 aliphatic heterocycles. The van der Waals surface area contributed by atoms with Gasteiger partial charge in [-0.2, -0.15) is 9.57 Å². The number of nitrogens with zero attached hydrogens (tertiary/aromatic N) is 2. The SMILES string of the molecule is CCOC(=O)C1CCCCN1S(=O)(=O)Cc1ccc(F)cc1C#N. The minimum Gasteiger partial charge on any atom is -0.465 e. The quantitative estimate of drug-likeness (QED) is 0.754. The second-order valence-electron chi connectivity index (χ2n) is 5.54. The van der Waals surface area contributed by atoms with E-state index < -0.39 is 33.6 Å². The Kier molecular flexibility index (Phi) is 5.91. The van der Waals surface area contributed by atoms with Gasteiger partial charge in [0.15, 0.2) is 0 Å². The van der Waals surface area contributed by atoms with Crippen molar-refractivity contribution < 1.29 is 22.3 Å². The Labute approximate surface area is 140 Å². The van der Waals surface area contributed by atoms with Crippen molar-refractivity contribution in [1.29, 1.82) is 5.26 Å². The monoisotopic (exact) mass is 354 g/mol. The molecule has 1 fully saturated rings. The van der Waals surface area contributed by atoms with E-state index >= 15 is 0 Å². The first-order valence-corrected chi connectivity index (χ1v) is 9.34. The fourth-order valence-corrected chi connectivity index (χ4v) is 4.57. The molecule has 1 atom stereocenters. The van der Waals surface area contributed by atoms with Gasteiger partial charge in [-0.05, 0) is 43.9 Å². The third kappa shape index (κ3) is 4.10. The lowest BCUT2D eigenvalue weighted by molar-refractivity contribution is -0.148. The molecule has 8 heteroatoms. The number of rotatable bonds is 5. The molecule has 0 N–H and O–H groups in total. The molecular weight excluding hydrogens is 335 g/mol. The Balaban J connectivity index is 2.28. The standard InChI is InChI=1S/C16H19FN2O4S/c1-2-23-16(20)15-5-3-4-8-19(15)24(21,22)11-12-6-7-14(17)9-13(12)10-18/h6-7,9,15H,2-5,8,11H2,1H3. The van der Waals surface area contributed by atoms with Gasteiger partial charge in [0.2, 0.25) is 10.0 Å². The summed E-state index contributed by atoms with van der Waals surface area (Å²) in [7, 11) is -3.84. The Morgan fingerprint density at radius 3 is 2.88 bits per heavy atom. The van der Waals surface area contributed by atoms with Crippen LogP contribution in [-0.4, -0.2) is 37.9 Å². The van der Waals surface area contributed by atoms with Gasteiger partial charge in [-0.25, -0.2) is 12.8 Å². The molecule has 1 heterocycles. The van der Waals surface area contributed by atoms with Gasteiger partial charge < -0.3 is 4.74 Å². The molecule has 1 aromatic rings. The number of halogens is 1. The van der Waals surface area contributed by atoms with Gasteiger partial charge in [-0.15, -0.1) is 0 Å². The molecule has 1 unspecified atom stereocenters. The predicted octanol–water partition coefficient (Wildman–Crippen LogP) is 1.94. The van der Waals surface area contributed by atoms with Crippen molar-refractivity contribution in [2.75, 3.05) is 13.2 Å². The van der Waals surface area contributed by atoms with Crippen molar-refractivity contribution in [2.45, 2.75) is 38.0 Å². The van der Waals surface area contributed by atoms with Crippen LogP contribution in [0.15, 0.2) is 18.2 Å². The van der Waals surface area contributed by atoms with Crippen molar-refractivity contribution in [1.82, 2.24) is 4.31 Å². The molecule has 0 radical (unpaired) electrons. The first-order valence-electron chi connectivity index (χ1n) is 7.73. The zero-order valence-corrected chi connectivity index (χ0v) is 14.2. The third-order valence-corrected chi connectivity index (χ3v) is 5.73. The Hall–Kier alpha value is -1.98. The van der Waals surface area contributed by atoms with Crippen molar-refractivity contribution in [3.8, 4) is 6.07 Å². The molecule has 0 aromatic heterocycles. The van der Waals surface area contributed by atoms with E-state index in [1.807, 2.05) is 0 Å². The van der Waals surface area contributed by atoms with Gasteiger partial charge in [0.25, 0.3) is 0 Å². The number of piperidine rings is 1. The smallest absolute Gasteiger partial charge is 0.324 e.